The van der Waals surface area contributed by atoms with Crippen molar-refractivity contribution in [3.63, 3.8) is 0 Å². The molecule has 0 aromatic heterocycles. The van der Waals surface area contributed by atoms with E-state index in [1.54, 1.807) is 0 Å². The molecule has 1 aliphatic heterocycles. The number of esters is 2. The number of benzene rings is 1. The number of ether oxygens (including phenoxy) is 2. The second-order valence-electron chi connectivity index (χ2n) is 7.44. The summed E-state index contributed by atoms with van der Waals surface area (Å²) in [6, 6.07) is 4.87. The Labute approximate surface area is 172 Å². The van der Waals surface area contributed by atoms with Crippen molar-refractivity contribution in [1.29, 1.82) is 0 Å². The predicted octanol–water partition coefficient (Wildman–Crippen LogP) is 0.507. The van der Waals surface area contributed by atoms with Gasteiger partial charge in [0.25, 0.3) is 5.69 Å². The lowest BCUT2D eigenvalue weighted by atomic mass is 9.74. The average molecular weight is 424 g/mol. The van der Waals surface area contributed by atoms with Gasteiger partial charge in [0.15, 0.2) is 0 Å². The third kappa shape index (κ3) is 5.10. The summed E-state index contributed by atoms with van der Waals surface area (Å²) in [6.07, 6.45) is -1.88. The summed E-state index contributed by atoms with van der Waals surface area (Å²) in [7, 11) is 0. The molecule has 0 radical (unpaired) electrons. The van der Waals surface area contributed by atoms with Gasteiger partial charge in [0.05, 0.1) is 34.7 Å². The third-order valence-electron chi connectivity index (χ3n) is 4.78. The molecule has 1 aromatic carbocycles. The Balaban J connectivity index is 2.08. The van der Waals surface area contributed by atoms with E-state index in [0.717, 1.165) is 4.90 Å². The van der Waals surface area contributed by atoms with Crippen LogP contribution >= 0.6 is 0 Å². The first kappa shape index (κ1) is 23.2. The Hall–Kier alpha value is -3.05. The molecule has 3 unspecified atom stereocenters. The molecule has 11 nitrogen and oxygen atoms in total. The summed E-state index contributed by atoms with van der Waals surface area (Å²) in [5, 5.41) is 31.6. The highest BCUT2D eigenvalue weighted by Crippen LogP contribution is 2.38. The fourth-order valence-electron chi connectivity index (χ4n) is 3.42. The maximum atomic E-state index is 12.5. The monoisotopic (exact) mass is 424 g/mol. The van der Waals surface area contributed by atoms with Gasteiger partial charge in [0.1, 0.15) is 6.61 Å². The van der Waals surface area contributed by atoms with Crippen LogP contribution in [-0.2, 0) is 30.5 Å². The Morgan fingerprint density at radius 1 is 1.30 bits per heavy atom. The molecule has 1 saturated heterocycles. The van der Waals surface area contributed by atoms with Crippen molar-refractivity contribution in [2.24, 2.45) is 5.92 Å². The lowest BCUT2D eigenvalue weighted by molar-refractivity contribution is -0.385. The van der Waals surface area contributed by atoms with Crippen LogP contribution in [0.4, 0.5) is 5.69 Å². The molecule has 1 aliphatic rings. The standard InChI is InChI=1S/C19H24N2O9/c1-11(22)29-9-8-14-15(19(2,3)26)16(23)20(14)17(24)18(25)30-10-12-6-4-5-7-13(12)21(27)28/h4-7,14-15,17,24,26H,8-10H2,1-3H3. The fourth-order valence-corrected chi connectivity index (χ4v) is 3.42. The molecular weight excluding hydrogens is 400 g/mol. The minimum atomic E-state index is -1.97. The minimum absolute atomic E-state index is 0.0751. The van der Waals surface area contributed by atoms with Crippen molar-refractivity contribution >= 4 is 23.5 Å². The van der Waals surface area contributed by atoms with E-state index >= 15 is 0 Å². The van der Waals surface area contributed by atoms with Crippen LogP contribution < -0.4 is 0 Å². The molecule has 2 N–H and O–H groups in total. The molecule has 1 fully saturated rings. The largest absolute Gasteiger partial charge is 0.466 e. The SMILES string of the molecule is CC(=O)OCCC1C(C(C)(C)O)C(=O)N1C(O)C(=O)OCc1ccccc1[N+](=O)[O-]. The number of nitrogens with zero attached hydrogens (tertiary/aromatic N) is 2. The van der Waals surface area contributed by atoms with Crippen molar-refractivity contribution < 1.29 is 39.0 Å². The molecular formula is C19H24N2O9. The minimum Gasteiger partial charge on any atom is -0.466 e. The number of para-hydroxylation sites is 1. The molecule has 0 spiro atoms. The molecule has 0 bridgehead atoms. The van der Waals surface area contributed by atoms with Gasteiger partial charge in [0, 0.05) is 19.4 Å². The molecule has 0 aliphatic carbocycles. The van der Waals surface area contributed by atoms with Gasteiger partial charge >= 0.3 is 11.9 Å². The number of carbonyl (C=O) groups is 3. The number of nitro groups is 1. The van der Waals surface area contributed by atoms with Gasteiger partial charge in [-0.3, -0.25) is 19.7 Å². The first-order valence-corrected chi connectivity index (χ1v) is 9.20. The summed E-state index contributed by atoms with van der Waals surface area (Å²) >= 11 is 0. The number of aliphatic hydroxyl groups is 2. The molecule has 164 valence electrons. The summed E-state index contributed by atoms with van der Waals surface area (Å²) in [6.45, 7) is 3.51. The summed E-state index contributed by atoms with van der Waals surface area (Å²) in [5.74, 6) is -3.28. The maximum Gasteiger partial charge on any atom is 0.356 e. The zero-order valence-corrected chi connectivity index (χ0v) is 16.8. The quantitative estimate of drug-likeness (QED) is 0.249. The van der Waals surface area contributed by atoms with E-state index in [4.69, 9.17) is 9.47 Å². The first-order chi connectivity index (χ1) is 13.9. The molecule has 3 atom stereocenters. The molecule has 0 saturated carbocycles. The second kappa shape index (κ2) is 9.18. The fraction of sp³-hybridized carbons (Fsp3) is 0.526. The van der Waals surface area contributed by atoms with Crippen LogP contribution in [0.5, 0.6) is 0 Å². The summed E-state index contributed by atoms with van der Waals surface area (Å²) < 4.78 is 9.82. The molecule has 2 rings (SSSR count). The topological polar surface area (TPSA) is 157 Å². The molecule has 30 heavy (non-hydrogen) atoms. The zero-order valence-electron chi connectivity index (χ0n) is 16.8. The highest BCUT2D eigenvalue weighted by molar-refractivity contribution is 5.91. The zero-order chi connectivity index (χ0) is 22.6. The van der Waals surface area contributed by atoms with Gasteiger partial charge in [-0.2, -0.15) is 0 Å². The van der Waals surface area contributed by atoms with E-state index in [-0.39, 0.29) is 24.3 Å². The number of nitro benzene ring substituents is 1. The lowest BCUT2D eigenvalue weighted by Gasteiger charge is -2.52. The number of hydrogen-bond donors (Lipinski definition) is 2. The number of amides is 1. The van der Waals surface area contributed by atoms with Gasteiger partial charge in [-0.25, -0.2) is 4.79 Å². The number of hydrogen-bond acceptors (Lipinski definition) is 9. The Bertz CT molecular complexity index is 834. The van der Waals surface area contributed by atoms with Gasteiger partial charge in [-0.1, -0.05) is 12.1 Å². The lowest BCUT2D eigenvalue weighted by Crippen LogP contribution is -2.71. The van der Waals surface area contributed by atoms with E-state index in [0.29, 0.717) is 0 Å². The van der Waals surface area contributed by atoms with Crippen molar-refractivity contribution in [1.82, 2.24) is 4.90 Å². The smallest absolute Gasteiger partial charge is 0.356 e. The van der Waals surface area contributed by atoms with Crippen LogP contribution in [0, 0.1) is 16.0 Å². The van der Waals surface area contributed by atoms with Crippen molar-refractivity contribution in [3.8, 4) is 0 Å². The van der Waals surface area contributed by atoms with Crippen molar-refractivity contribution in [2.45, 2.75) is 51.7 Å². The average Bonchev–Trinajstić information content (AvgIpc) is 2.63. The van der Waals surface area contributed by atoms with E-state index in [1.807, 2.05) is 0 Å². The predicted molar refractivity (Wildman–Crippen MR) is 101 cm³/mol. The maximum absolute atomic E-state index is 12.5. The number of β-lactam (4-membered cyclic amide) rings is 1. The van der Waals surface area contributed by atoms with Crippen LogP contribution in [0.3, 0.4) is 0 Å². The Morgan fingerprint density at radius 3 is 2.50 bits per heavy atom. The highest BCUT2D eigenvalue weighted by atomic mass is 16.6. The second-order valence-corrected chi connectivity index (χ2v) is 7.44. The normalized spacial score (nSPS) is 19.6. The van der Waals surface area contributed by atoms with Crippen LogP contribution in [0.1, 0.15) is 32.8 Å². The summed E-state index contributed by atoms with van der Waals surface area (Å²) in [5.41, 5.74) is -1.55. The van der Waals surface area contributed by atoms with Gasteiger partial charge < -0.3 is 24.6 Å². The number of likely N-dealkylation sites (tertiary alicyclic amines) is 1. The van der Waals surface area contributed by atoms with E-state index < -0.39 is 53.2 Å². The molecule has 1 amide bonds. The van der Waals surface area contributed by atoms with Gasteiger partial charge in [-0.15, -0.1) is 0 Å². The van der Waals surface area contributed by atoms with E-state index in [2.05, 4.69) is 0 Å². The van der Waals surface area contributed by atoms with Crippen LogP contribution in [0.2, 0.25) is 0 Å². The Morgan fingerprint density at radius 2 is 1.93 bits per heavy atom. The number of rotatable bonds is 9. The third-order valence-corrected chi connectivity index (χ3v) is 4.78. The van der Waals surface area contributed by atoms with Gasteiger partial charge in [-0.05, 0) is 19.9 Å². The van der Waals surface area contributed by atoms with Crippen LogP contribution in [0.25, 0.3) is 0 Å². The van der Waals surface area contributed by atoms with E-state index in [9.17, 15) is 34.7 Å². The molecule has 1 heterocycles. The molecule has 11 heteroatoms. The van der Waals surface area contributed by atoms with Crippen LogP contribution in [-0.4, -0.2) is 62.4 Å². The number of aliphatic hydroxyl groups excluding tert-OH is 1. The number of carbonyl (C=O) groups excluding carboxylic acids is 3. The highest BCUT2D eigenvalue weighted by Gasteiger charge is 2.57. The summed E-state index contributed by atoms with van der Waals surface area (Å²) in [4.78, 5) is 47.0. The van der Waals surface area contributed by atoms with E-state index in [1.165, 1.54) is 45.0 Å². The van der Waals surface area contributed by atoms with Gasteiger partial charge in [0.2, 0.25) is 12.1 Å². The molecule has 1 aromatic rings. The van der Waals surface area contributed by atoms with Crippen molar-refractivity contribution in [3.05, 3.63) is 39.9 Å². The van der Waals surface area contributed by atoms with Crippen LogP contribution in [0.15, 0.2) is 24.3 Å². The Kier molecular flexibility index (Phi) is 7.11. The van der Waals surface area contributed by atoms with Crippen molar-refractivity contribution in [2.75, 3.05) is 6.61 Å². The first-order valence-electron chi connectivity index (χ1n) is 9.20.